The van der Waals surface area contributed by atoms with Gasteiger partial charge in [-0.25, -0.2) is 0 Å². The van der Waals surface area contributed by atoms with Crippen LogP contribution in [-0.2, 0) is 12.0 Å². The zero-order valence-electron chi connectivity index (χ0n) is 13.7. The third kappa shape index (κ3) is 4.03. The molecule has 1 heterocycles. The van der Waals surface area contributed by atoms with Crippen LogP contribution in [0.1, 0.15) is 48.5 Å². The first-order valence-corrected chi connectivity index (χ1v) is 7.89. The lowest BCUT2D eigenvalue weighted by atomic mass is 9.99. The quantitative estimate of drug-likeness (QED) is 0.904. The maximum Gasteiger partial charge on any atom is 0.230 e. The molecule has 1 aromatic heterocycles. The molecule has 0 aliphatic heterocycles. The van der Waals surface area contributed by atoms with E-state index >= 15 is 0 Å². The molecule has 0 radical (unpaired) electrons. The Labute approximate surface area is 143 Å². The second-order valence-corrected chi connectivity index (χ2v) is 6.24. The standard InChI is InChI=1S/C17H23N3O2.ClH/c1-12-5-6-13(2)14(11-12)21-10-7-15-19-16(20-22-15)17(18)8-3-4-9-17;/h5-6,11H,3-4,7-10,18H2,1-2H3;1H. The van der Waals surface area contributed by atoms with Crippen molar-refractivity contribution < 1.29 is 9.26 Å². The molecule has 3 rings (SSSR count). The second kappa shape index (κ2) is 7.32. The van der Waals surface area contributed by atoms with Crippen LogP contribution in [0.4, 0.5) is 0 Å². The van der Waals surface area contributed by atoms with Crippen molar-refractivity contribution in [2.75, 3.05) is 6.61 Å². The van der Waals surface area contributed by atoms with Crippen LogP contribution >= 0.6 is 12.4 Å². The van der Waals surface area contributed by atoms with E-state index in [-0.39, 0.29) is 12.4 Å². The Hall–Kier alpha value is -1.59. The van der Waals surface area contributed by atoms with Crippen LogP contribution < -0.4 is 10.5 Å². The first-order valence-electron chi connectivity index (χ1n) is 7.89. The lowest BCUT2D eigenvalue weighted by molar-refractivity contribution is 0.288. The number of benzene rings is 1. The lowest BCUT2D eigenvalue weighted by Crippen LogP contribution is -2.34. The van der Waals surface area contributed by atoms with E-state index in [1.807, 2.05) is 13.0 Å². The van der Waals surface area contributed by atoms with E-state index in [9.17, 15) is 0 Å². The predicted molar refractivity (Wildman–Crippen MR) is 91.0 cm³/mol. The number of hydrogen-bond donors (Lipinski definition) is 1. The largest absolute Gasteiger partial charge is 0.493 e. The maximum atomic E-state index is 6.33. The first-order chi connectivity index (χ1) is 10.6. The third-order valence-corrected chi connectivity index (χ3v) is 4.33. The monoisotopic (exact) mass is 337 g/mol. The molecule has 1 saturated carbocycles. The minimum Gasteiger partial charge on any atom is -0.493 e. The predicted octanol–water partition coefficient (Wildman–Crippen LogP) is 3.46. The zero-order chi connectivity index (χ0) is 15.6. The van der Waals surface area contributed by atoms with Gasteiger partial charge >= 0.3 is 0 Å². The van der Waals surface area contributed by atoms with E-state index < -0.39 is 5.54 Å². The van der Waals surface area contributed by atoms with E-state index in [2.05, 4.69) is 29.2 Å². The molecule has 1 fully saturated rings. The highest BCUT2D eigenvalue weighted by Crippen LogP contribution is 2.34. The van der Waals surface area contributed by atoms with Gasteiger partial charge in [-0.1, -0.05) is 30.1 Å². The van der Waals surface area contributed by atoms with Gasteiger partial charge in [0.15, 0.2) is 5.82 Å². The second-order valence-electron chi connectivity index (χ2n) is 6.24. The normalized spacial score (nSPS) is 16.1. The van der Waals surface area contributed by atoms with Gasteiger partial charge in [0.05, 0.1) is 18.6 Å². The van der Waals surface area contributed by atoms with Crippen LogP contribution in [0.3, 0.4) is 0 Å². The van der Waals surface area contributed by atoms with Crippen LogP contribution in [0.15, 0.2) is 22.7 Å². The van der Waals surface area contributed by atoms with Gasteiger partial charge in [-0.05, 0) is 43.9 Å². The third-order valence-electron chi connectivity index (χ3n) is 4.33. The van der Waals surface area contributed by atoms with Crippen LogP contribution in [0.25, 0.3) is 0 Å². The van der Waals surface area contributed by atoms with Crippen molar-refractivity contribution >= 4 is 12.4 Å². The van der Waals surface area contributed by atoms with Gasteiger partial charge in [-0.15, -0.1) is 12.4 Å². The SMILES string of the molecule is Cc1ccc(C)c(OCCc2nc(C3(N)CCCC3)no2)c1.Cl. The fourth-order valence-electron chi connectivity index (χ4n) is 2.90. The molecule has 0 bridgehead atoms. The molecule has 0 unspecified atom stereocenters. The van der Waals surface area contributed by atoms with E-state index in [1.165, 1.54) is 5.56 Å². The molecule has 5 nitrogen and oxygen atoms in total. The molecule has 0 spiro atoms. The van der Waals surface area contributed by atoms with Gasteiger partial charge in [0.1, 0.15) is 5.75 Å². The molecule has 1 aromatic carbocycles. The summed E-state index contributed by atoms with van der Waals surface area (Å²) in [5.41, 5.74) is 8.26. The first kappa shape index (κ1) is 17.8. The summed E-state index contributed by atoms with van der Waals surface area (Å²) in [6.45, 7) is 4.61. The van der Waals surface area contributed by atoms with Crippen LogP contribution in [0.5, 0.6) is 5.75 Å². The van der Waals surface area contributed by atoms with Gasteiger partial charge in [0, 0.05) is 0 Å². The molecule has 2 N–H and O–H groups in total. The minimum absolute atomic E-state index is 0. The zero-order valence-corrected chi connectivity index (χ0v) is 14.5. The van der Waals surface area contributed by atoms with Gasteiger partial charge in [-0.2, -0.15) is 4.98 Å². The molecule has 0 atom stereocenters. The topological polar surface area (TPSA) is 74.2 Å². The summed E-state index contributed by atoms with van der Waals surface area (Å²) in [5.74, 6) is 2.15. The Morgan fingerprint density at radius 1 is 1.26 bits per heavy atom. The Kier molecular flexibility index (Phi) is 5.65. The smallest absolute Gasteiger partial charge is 0.230 e. The number of rotatable bonds is 5. The molecule has 1 aliphatic carbocycles. The lowest BCUT2D eigenvalue weighted by Gasteiger charge is -2.17. The Bertz CT molecular complexity index is 651. The van der Waals surface area contributed by atoms with E-state index in [4.69, 9.17) is 15.0 Å². The summed E-state index contributed by atoms with van der Waals surface area (Å²) >= 11 is 0. The van der Waals surface area contributed by atoms with Gasteiger partial charge < -0.3 is 15.0 Å². The fourth-order valence-corrected chi connectivity index (χ4v) is 2.90. The van der Waals surface area contributed by atoms with Crippen molar-refractivity contribution in [1.82, 2.24) is 10.1 Å². The molecule has 6 heteroatoms. The van der Waals surface area contributed by atoms with E-state index in [0.717, 1.165) is 37.0 Å². The van der Waals surface area contributed by atoms with E-state index in [0.29, 0.717) is 24.7 Å². The Morgan fingerprint density at radius 2 is 2.00 bits per heavy atom. The summed E-state index contributed by atoms with van der Waals surface area (Å²) in [5, 5.41) is 4.06. The van der Waals surface area contributed by atoms with Crippen molar-refractivity contribution in [3.8, 4) is 5.75 Å². The Morgan fingerprint density at radius 3 is 2.74 bits per heavy atom. The van der Waals surface area contributed by atoms with Crippen LogP contribution in [0.2, 0.25) is 0 Å². The number of ether oxygens (including phenoxy) is 1. The summed E-state index contributed by atoms with van der Waals surface area (Å²) < 4.78 is 11.1. The maximum absolute atomic E-state index is 6.33. The average Bonchev–Trinajstić information content (AvgIpc) is 3.13. The molecule has 126 valence electrons. The number of nitrogens with zero attached hydrogens (tertiary/aromatic N) is 2. The molecule has 2 aromatic rings. The number of aromatic nitrogens is 2. The Balaban J connectivity index is 0.00000192. The summed E-state index contributed by atoms with van der Waals surface area (Å²) in [7, 11) is 0. The van der Waals surface area contributed by atoms with Gasteiger partial charge in [-0.3, -0.25) is 0 Å². The van der Waals surface area contributed by atoms with Crippen molar-refractivity contribution in [2.45, 2.75) is 51.5 Å². The number of hydrogen-bond acceptors (Lipinski definition) is 5. The highest BCUT2D eigenvalue weighted by atomic mass is 35.5. The molecule has 23 heavy (non-hydrogen) atoms. The van der Waals surface area contributed by atoms with Crippen LogP contribution in [0, 0.1) is 13.8 Å². The minimum atomic E-state index is -0.393. The van der Waals surface area contributed by atoms with Crippen molar-refractivity contribution in [1.29, 1.82) is 0 Å². The molecular weight excluding hydrogens is 314 g/mol. The fraction of sp³-hybridized carbons (Fsp3) is 0.529. The summed E-state index contributed by atoms with van der Waals surface area (Å²) in [6, 6.07) is 6.19. The molecule has 1 aliphatic rings. The highest BCUT2D eigenvalue weighted by Gasteiger charge is 2.35. The van der Waals surface area contributed by atoms with Gasteiger partial charge in [0.2, 0.25) is 5.89 Å². The molecular formula is C17H24ClN3O2. The number of aryl methyl sites for hydroxylation is 2. The van der Waals surface area contributed by atoms with Crippen molar-refractivity contribution in [3.05, 3.63) is 41.0 Å². The summed E-state index contributed by atoms with van der Waals surface area (Å²) in [4.78, 5) is 4.45. The summed E-state index contributed by atoms with van der Waals surface area (Å²) in [6.07, 6.45) is 4.73. The van der Waals surface area contributed by atoms with Crippen LogP contribution in [-0.4, -0.2) is 16.7 Å². The van der Waals surface area contributed by atoms with Crippen molar-refractivity contribution in [3.63, 3.8) is 0 Å². The molecule has 0 saturated heterocycles. The molecule has 0 amide bonds. The highest BCUT2D eigenvalue weighted by molar-refractivity contribution is 5.85. The average molecular weight is 338 g/mol. The van der Waals surface area contributed by atoms with E-state index in [1.54, 1.807) is 0 Å². The van der Waals surface area contributed by atoms with Crippen molar-refractivity contribution in [2.24, 2.45) is 5.73 Å². The number of nitrogens with two attached hydrogens (primary N) is 1. The van der Waals surface area contributed by atoms with Gasteiger partial charge in [0.25, 0.3) is 0 Å². The number of halogens is 1.